The van der Waals surface area contributed by atoms with Crippen molar-refractivity contribution < 1.29 is 91.9 Å². The molecule has 33 nitrogen and oxygen atoms in total. The highest BCUT2D eigenvalue weighted by atomic mass is 16.6. The van der Waals surface area contributed by atoms with Crippen molar-refractivity contribution in [1.29, 1.82) is 0 Å². The number of alkyl carbamates (subject to hydrolysis) is 2. The van der Waals surface area contributed by atoms with Crippen LogP contribution in [0.15, 0.2) is 91.0 Å². The first-order chi connectivity index (χ1) is 50.7. The molecule has 108 heavy (non-hydrogen) atoms. The highest BCUT2D eigenvalue weighted by molar-refractivity contribution is 6.00. The standard InChI is InChI=1S/C75H112N14O19/c1-14-43(6)56-69(102)86-57(44(7)91)68(101)78-37-55(93)79-50(34-54(76)92)64(97)83-53(38-90)67(100)87-58(47-29-22-17-23-30-47)59(88-66(99)51(35-74(8,9)10)82-65(98)52(36-75(11,12)13)84-73(106)108-40-46-27-20-16-21-28-46)70(103)89-60(61(94)42(4)5)71(104)81-49(33-41(2)3)63(96)80-48(62(95)85-56)31-24-32-77-72(105)107-39-45-25-18-15-19-26-45/h15-23,25-30,41-44,48-53,56-61,90-91,94H,14,24,31-40H2,1-13H3,(H2,76,92)(H,77,105)(H,78,101)(H,79,93)(H,80,96)(H,81,104)(H,82,98)(H,83,97)(H,84,106)(H,85,95)(H,86,102)(H,87,100)(H,88,99)(H,89,103)/t43-,44-,48+,49-,50-,51+,52+,53-,56-,57-,58+,59-,60-,61+/m0/s1. The molecule has 33 heteroatoms. The second-order valence-corrected chi connectivity index (χ2v) is 30.2. The van der Waals surface area contributed by atoms with Crippen LogP contribution in [0.4, 0.5) is 9.59 Å². The minimum atomic E-state index is -2.16. The summed E-state index contributed by atoms with van der Waals surface area (Å²) in [5.41, 5.74) is 5.42. The van der Waals surface area contributed by atoms with E-state index >= 15 is 14.4 Å². The molecule has 0 radical (unpaired) electrons. The lowest BCUT2D eigenvalue weighted by molar-refractivity contribution is -0.139. The van der Waals surface area contributed by atoms with Gasteiger partial charge in [-0.15, -0.1) is 0 Å². The summed E-state index contributed by atoms with van der Waals surface area (Å²) >= 11 is 0. The van der Waals surface area contributed by atoms with Crippen LogP contribution in [0.5, 0.6) is 0 Å². The van der Waals surface area contributed by atoms with Gasteiger partial charge in [0, 0.05) is 6.54 Å². The minimum absolute atomic E-state index is 0.00129. The maximum atomic E-state index is 15.8. The van der Waals surface area contributed by atoms with E-state index in [2.05, 4.69) is 69.1 Å². The molecule has 14 amide bonds. The van der Waals surface area contributed by atoms with Crippen LogP contribution in [0.3, 0.4) is 0 Å². The highest BCUT2D eigenvalue weighted by Gasteiger charge is 2.43. The number of carbonyl (C=O) groups excluding carboxylic acids is 14. The van der Waals surface area contributed by atoms with Gasteiger partial charge in [-0.2, -0.15) is 0 Å². The van der Waals surface area contributed by atoms with E-state index in [4.69, 9.17) is 15.2 Å². The van der Waals surface area contributed by atoms with E-state index in [0.717, 1.165) is 6.92 Å². The first-order valence-electron chi connectivity index (χ1n) is 36.2. The molecule has 14 atom stereocenters. The van der Waals surface area contributed by atoms with Crippen LogP contribution in [-0.4, -0.2) is 191 Å². The number of amides is 14. The Kier molecular flexibility index (Phi) is 36.3. The molecule has 0 unspecified atom stereocenters. The van der Waals surface area contributed by atoms with Gasteiger partial charge in [0.05, 0.1) is 37.8 Å². The summed E-state index contributed by atoms with van der Waals surface area (Å²) in [6, 6.07) is 5.34. The maximum Gasteiger partial charge on any atom is 0.408 e. The summed E-state index contributed by atoms with van der Waals surface area (Å²) in [6.07, 6.45) is -6.68. The van der Waals surface area contributed by atoms with Gasteiger partial charge in [-0.1, -0.05) is 181 Å². The second kappa shape index (κ2) is 43.5. The van der Waals surface area contributed by atoms with Gasteiger partial charge in [0.15, 0.2) is 0 Å². The van der Waals surface area contributed by atoms with Crippen LogP contribution in [0.25, 0.3) is 0 Å². The van der Waals surface area contributed by atoms with Crippen LogP contribution >= 0.6 is 0 Å². The van der Waals surface area contributed by atoms with Crippen LogP contribution in [0.2, 0.25) is 0 Å². The topological polar surface area (TPSA) is 501 Å². The van der Waals surface area contributed by atoms with Gasteiger partial charge in [0.1, 0.15) is 73.6 Å². The number of rotatable bonds is 26. The highest BCUT2D eigenvalue weighted by Crippen LogP contribution is 2.26. The molecule has 0 aromatic heterocycles. The largest absolute Gasteiger partial charge is 0.445 e. The second-order valence-electron chi connectivity index (χ2n) is 30.2. The summed E-state index contributed by atoms with van der Waals surface area (Å²) in [5, 5.41) is 66.7. The minimum Gasteiger partial charge on any atom is -0.445 e. The first kappa shape index (κ1) is 90.1. The third kappa shape index (κ3) is 31.3. The normalized spacial score (nSPS) is 22.3. The van der Waals surface area contributed by atoms with Gasteiger partial charge in [0.25, 0.3) is 0 Å². The number of aliphatic hydroxyl groups is 3. The Labute approximate surface area is 630 Å². The Morgan fingerprint density at radius 3 is 1.55 bits per heavy atom. The molecule has 0 spiro atoms. The van der Waals surface area contributed by atoms with Gasteiger partial charge in [-0.25, -0.2) is 9.59 Å². The Morgan fingerprint density at radius 1 is 0.546 bits per heavy atom. The van der Waals surface area contributed by atoms with Crippen LogP contribution in [0, 0.1) is 28.6 Å². The van der Waals surface area contributed by atoms with Crippen LogP contribution < -0.4 is 74.9 Å². The molecule has 1 aliphatic rings. The Morgan fingerprint density at radius 2 is 1.03 bits per heavy atom. The van der Waals surface area contributed by atoms with E-state index in [1.807, 2.05) is 0 Å². The Hall–Kier alpha value is -10.3. The van der Waals surface area contributed by atoms with E-state index in [9.17, 15) is 68.1 Å². The summed E-state index contributed by atoms with van der Waals surface area (Å²) in [7, 11) is 0. The molecule has 1 fully saturated rings. The van der Waals surface area contributed by atoms with Crippen molar-refractivity contribution in [2.45, 2.75) is 227 Å². The first-order valence-corrected chi connectivity index (χ1v) is 36.2. The van der Waals surface area contributed by atoms with Crippen molar-refractivity contribution in [3.05, 3.63) is 108 Å². The van der Waals surface area contributed by atoms with Gasteiger partial charge in [0.2, 0.25) is 70.9 Å². The fourth-order valence-electron chi connectivity index (χ4n) is 11.4. The lowest BCUT2D eigenvalue weighted by Gasteiger charge is -2.35. The zero-order valence-corrected chi connectivity index (χ0v) is 63.8. The van der Waals surface area contributed by atoms with Crippen molar-refractivity contribution >= 4 is 83.1 Å². The van der Waals surface area contributed by atoms with Crippen molar-refractivity contribution in [3.63, 3.8) is 0 Å². The molecule has 4 rings (SSSR count). The Balaban J connectivity index is 1.97. The lowest BCUT2D eigenvalue weighted by Crippen LogP contribution is -2.65. The number of nitrogens with one attached hydrogen (secondary N) is 13. The molecule has 0 saturated carbocycles. The smallest absolute Gasteiger partial charge is 0.408 e. The van der Waals surface area contributed by atoms with Crippen molar-refractivity contribution in [1.82, 2.24) is 69.1 Å². The van der Waals surface area contributed by atoms with Crippen LogP contribution in [-0.2, 0) is 80.2 Å². The average molecular weight is 1510 g/mol. The number of ether oxygens (including phenoxy) is 2. The molecule has 3 aromatic carbocycles. The molecular weight excluding hydrogens is 1400 g/mol. The zero-order chi connectivity index (χ0) is 80.8. The predicted molar refractivity (Wildman–Crippen MR) is 396 cm³/mol. The van der Waals surface area contributed by atoms with E-state index in [1.54, 1.807) is 136 Å². The predicted octanol–water partition coefficient (Wildman–Crippen LogP) is 0.568. The lowest BCUT2D eigenvalue weighted by atomic mass is 9.86. The van der Waals surface area contributed by atoms with Gasteiger partial charge in [-0.05, 0) is 84.3 Å². The molecule has 1 aliphatic heterocycles. The molecule has 0 bridgehead atoms. The Bertz CT molecular complexity index is 3520. The molecular formula is C75H112N14O19. The number of primary amides is 1. The molecule has 3 aromatic rings. The van der Waals surface area contributed by atoms with E-state index in [-0.39, 0.29) is 63.8 Å². The molecule has 1 saturated heterocycles. The van der Waals surface area contributed by atoms with Gasteiger partial charge in [-0.3, -0.25) is 57.5 Å². The summed E-state index contributed by atoms with van der Waals surface area (Å²) in [4.78, 5) is 201. The summed E-state index contributed by atoms with van der Waals surface area (Å²) < 4.78 is 10.8. The molecule has 18 N–H and O–H groups in total. The number of benzene rings is 3. The number of aliphatic hydroxyl groups excluding tert-OH is 3. The zero-order valence-electron chi connectivity index (χ0n) is 63.8. The van der Waals surface area contributed by atoms with E-state index in [0.29, 0.717) is 11.1 Å². The van der Waals surface area contributed by atoms with E-state index < -0.39 is 210 Å². The number of nitrogens with two attached hydrogens (primary N) is 1. The molecule has 596 valence electrons. The quantitative estimate of drug-likeness (QED) is 0.0489. The fraction of sp³-hybridized carbons (Fsp3) is 0.573. The van der Waals surface area contributed by atoms with Crippen molar-refractivity contribution in [2.24, 2.45) is 34.3 Å². The SMILES string of the molecule is CC[C@H](C)[C@@H]1NC(=O)[C@@H](CCCNC(=O)OCc2ccccc2)NC(=O)[C@H](CC(C)C)NC(=O)[C@H]([C@H](O)C(C)C)NC(=O)[C@@H](NC(=O)[C@@H](CC(C)(C)C)NC(=O)[C@@H](CC(C)(C)C)NC(=O)OCc2ccccc2)[C@@H](c2ccccc2)NC(=O)[C@H](CO)NC(=O)[C@H](CC(N)=O)NC(=O)CNC(=O)[C@H]([C@H](C)O)NC1=O. The summed E-state index contributed by atoms with van der Waals surface area (Å²) in [6.45, 7) is 18.8. The van der Waals surface area contributed by atoms with Crippen molar-refractivity contribution in [2.75, 3.05) is 19.7 Å². The maximum absolute atomic E-state index is 15.8. The number of hydrogen-bond acceptors (Lipinski definition) is 19. The third-order valence-corrected chi connectivity index (χ3v) is 17.3. The van der Waals surface area contributed by atoms with Crippen molar-refractivity contribution in [3.8, 4) is 0 Å². The van der Waals surface area contributed by atoms with E-state index in [1.165, 1.54) is 38.1 Å². The number of hydrogen-bond donors (Lipinski definition) is 17. The summed E-state index contributed by atoms with van der Waals surface area (Å²) in [5.74, 6) is -15.6. The van der Waals surface area contributed by atoms with Gasteiger partial charge < -0.3 is 99.6 Å². The molecule has 0 aliphatic carbocycles. The average Bonchev–Trinajstić information content (AvgIpc) is 0.822. The molecule has 1 heterocycles. The fourth-order valence-corrected chi connectivity index (χ4v) is 11.4. The van der Waals surface area contributed by atoms with Gasteiger partial charge >= 0.3 is 12.2 Å². The number of carbonyl (C=O) groups is 14. The monoisotopic (exact) mass is 1510 g/mol. The van der Waals surface area contributed by atoms with Crippen LogP contribution in [0.1, 0.15) is 158 Å². The third-order valence-electron chi connectivity index (χ3n) is 17.3.